The van der Waals surface area contributed by atoms with Crippen molar-refractivity contribution in [1.29, 1.82) is 5.26 Å². The van der Waals surface area contributed by atoms with Crippen LogP contribution >= 0.6 is 0 Å². The average molecular weight is 292 g/mol. The summed E-state index contributed by atoms with van der Waals surface area (Å²) in [5.41, 5.74) is 0.564. The molecule has 1 aliphatic heterocycles. The first kappa shape index (κ1) is 15.0. The molecule has 1 saturated heterocycles. The van der Waals surface area contributed by atoms with E-state index in [4.69, 9.17) is 10.00 Å². The first-order valence-electron chi connectivity index (χ1n) is 6.86. The SMILES string of the molecule is CC1C(C)S(=O)CCN1CCOc1ccccc1C#N. The fraction of sp³-hybridized carbons (Fsp3) is 0.533. The van der Waals surface area contributed by atoms with Crippen molar-refractivity contribution in [3.8, 4) is 11.8 Å². The van der Waals surface area contributed by atoms with Crippen molar-refractivity contribution < 1.29 is 8.95 Å². The lowest BCUT2D eigenvalue weighted by Crippen LogP contribution is -2.50. The van der Waals surface area contributed by atoms with Crippen LogP contribution in [0.3, 0.4) is 0 Å². The second kappa shape index (κ2) is 6.87. The van der Waals surface area contributed by atoms with Gasteiger partial charge in [0, 0.05) is 40.9 Å². The molecule has 4 nitrogen and oxygen atoms in total. The average Bonchev–Trinajstić information content (AvgIpc) is 2.47. The molecule has 0 amide bonds. The highest BCUT2D eigenvalue weighted by Crippen LogP contribution is 2.18. The molecule has 0 spiro atoms. The molecule has 0 radical (unpaired) electrons. The van der Waals surface area contributed by atoms with E-state index in [1.165, 1.54) is 0 Å². The van der Waals surface area contributed by atoms with Crippen LogP contribution in [0.15, 0.2) is 24.3 Å². The second-order valence-corrected chi connectivity index (χ2v) is 6.94. The molecule has 1 aromatic carbocycles. The van der Waals surface area contributed by atoms with Gasteiger partial charge in [0.05, 0.1) is 5.56 Å². The Balaban J connectivity index is 1.87. The van der Waals surface area contributed by atoms with E-state index in [0.29, 0.717) is 24.0 Å². The number of nitrogens with zero attached hydrogens (tertiary/aromatic N) is 2. The lowest BCUT2D eigenvalue weighted by atomic mass is 10.2. The molecule has 0 N–H and O–H groups in total. The summed E-state index contributed by atoms with van der Waals surface area (Å²) in [6.45, 7) is 6.34. The molecular weight excluding hydrogens is 272 g/mol. The molecule has 1 fully saturated rings. The fourth-order valence-corrected chi connectivity index (χ4v) is 3.78. The molecule has 5 heteroatoms. The Morgan fingerprint density at radius 3 is 2.95 bits per heavy atom. The van der Waals surface area contributed by atoms with Crippen LogP contribution in [0.25, 0.3) is 0 Å². The van der Waals surface area contributed by atoms with Crippen molar-refractivity contribution in [2.75, 3.05) is 25.4 Å². The number of rotatable bonds is 4. The normalized spacial score (nSPS) is 26.9. The Hall–Kier alpha value is -1.38. The lowest BCUT2D eigenvalue weighted by molar-refractivity contribution is 0.168. The predicted molar refractivity (Wildman–Crippen MR) is 80.2 cm³/mol. The van der Waals surface area contributed by atoms with Crippen LogP contribution in [0.1, 0.15) is 19.4 Å². The Labute approximate surface area is 122 Å². The maximum absolute atomic E-state index is 11.7. The molecular formula is C15H20N2O2S. The van der Waals surface area contributed by atoms with E-state index in [1.54, 1.807) is 6.07 Å². The monoisotopic (exact) mass is 292 g/mol. The van der Waals surface area contributed by atoms with E-state index in [-0.39, 0.29) is 5.25 Å². The summed E-state index contributed by atoms with van der Waals surface area (Å²) in [5.74, 6) is 1.37. The Morgan fingerprint density at radius 1 is 1.45 bits per heavy atom. The standard InChI is InChI=1S/C15H20N2O2S/c1-12-13(2)20(18)10-8-17(12)7-9-19-15-6-4-3-5-14(15)11-16/h3-6,12-13H,7-10H2,1-2H3. The van der Waals surface area contributed by atoms with Crippen molar-refractivity contribution in [3.63, 3.8) is 0 Å². The minimum Gasteiger partial charge on any atom is -0.491 e. The fourth-order valence-electron chi connectivity index (χ4n) is 2.39. The Kier molecular flexibility index (Phi) is 5.16. The maximum atomic E-state index is 11.7. The van der Waals surface area contributed by atoms with Gasteiger partial charge in [-0.1, -0.05) is 12.1 Å². The van der Waals surface area contributed by atoms with Crippen LogP contribution in [-0.2, 0) is 10.8 Å². The molecule has 3 atom stereocenters. The van der Waals surface area contributed by atoms with Gasteiger partial charge in [0.1, 0.15) is 18.4 Å². The van der Waals surface area contributed by atoms with Gasteiger partial charge in [-0.15, -0.1) is 0 Å². The minimum absolute atomic E-state index is 0.204. The van der Waals surface area contributed by atoms with Gasteiger partial charge < -0.3 is 4.74 Å². The zero-order valence-corrected chi connectivity index (χ0v) is 12.7. The number of ether oxygens (including phenoxy) is 1. The third-order valence-electron chi connectivity index (χ3n) is 3.89. The van der Waals surface area contributed by atoms with Gasteiger partial charge in [0.2, 0.25) is 0 Å². The molecule has 1 aliphatic rings. The van der Waals surface area contributed by atoms with Gasteiger partial charge in [-0.05, 0) is 26.0 Å². The molecule has 108 valence electrons. The molecule has 1 heterocycles. The van der Waals surface area contributed by atoms with Gasteiger partial charge in [0.25, 0.3) is 0 Å². The van der Waals surface area contributed by atoms with E-state index in [2.05, 4.69) is 17.9 Å². The number of hydrogen-bond acceptors (Lipinski definition) is 4. The van der Waals surface area contributed by atoms with Crippen LogP contribution < -0.4 is 4.74 Å². The first-order chi connectivity index (χ1) is 9.63. The molecule has 0 saturated carbocycles. The molecule has 3 unspecified atom stereocenters. The van der Waals surface area contributed by atoms with Crippen molar-refractivity contribution in [1.82, 2.24) is 4.90 Å². The highest BCUT2D eigenvalue weighted by molar-refractivity contribution is 7.85. The molecule has 2 rings (SSSR count). The van der Waals surface area contributed by atoms with Gasteiger partial charge >= 0.3 is 0 Å². The van der Waals surface area contributed by atoms with E-state index in [9.17, 15) is 4.21 Å². The predicted octanol–water partition coefficient (Wildman–Crippen LogP) is 1.78. The zero-order chi connectivity index (χ0) is 14.5. The zero-order valence-electron chi connectivity index (χ0n) is 11.9. The smallest absolute Gasteiger partial charge is 0.137 e. The Morgan fingerprint density at radius 2 is 2.20 bits per heavy atom. The Bertz CT molecular complexity index is 527. The molecule has 0 bridgehead atoms. The van der Waals surface area contributed by atoms with Crippen molar-refractivity contribution in [2.24, 2.45) is 0 Å². The lowest BCUT2D eigenvalue weighted by Gasteiger charge is -2.37. The maximum Gasteiger partial charge on any atom is 0.137 e. The van der Waals surface area contributed by atoms with Crippen molar-refractivity contribution in [2.45, 2.75) is 25.1 Å². The topological polar surface area (TPSA) is 53.3 Å². The largest absolute Gasteiger partial charge is 0.491 e. The minimum atomic E-state index is -0.708. The van der Waals surface area contributed by atoms with Crippen molar-refractivity contribution >= 4 is 10.8 Å². The molecule has 0 aromatic heterocycles. The first-order valence-corrected chi connectivity index (χ1v) is 8.25. The number of benzene rings is 1. The highest BCUT2D eigenvalue weighted by Gasteiger charge is 2.29. The third kappa shape index (κ3) is 3.38. The summed E-state index contributed by atoms with van der Waals surface area (Å²) in [6.07, 6.45) is 0. The van der Waals surface area contributed by atoms with Gasteiger partial charge in [-0.25, -0.2) is 0 Å². The van der Waals surface area contributed by atoms with Gasteiger partial charge in [-0.3, -0.25) is 9.11 Å². The van der Waals surface area contributed by atoms with Crippen molar-refractivity contribution in [3.05, 3.63) is 29.8 Å². The summed E-state index contributed by atoms with van der Waals surface area (Å²) in [6, 6.07) is 9.70. The van der Waals surface area contributed by atoms with Crippen LogP contribution in [0.5, 0.6) is 5.75 Å². The highest BCUT2D eigenvalue weighted by atomic mass is 32.2. The second-order valence-electron chi connectivity index (χ2n) is 5.02. The van der Waals surface area contributed by atoms with Gasteiger partial charge in [-0.2, -0.15) is 5.26 Å². The number of para-hydroxylation sites is 1. The van der Waals surface area contributed by atoms with Crippen LogP contribution in [-0.4, -0.2) is 45.8 Å². The quantitative estimate of drug-likeness (QED) is 0.849. The van der Waals surface area contributed by atoms with Crippen LogP contribution in [0, 0.1) is 11.3 Å². The molecule has 0 aliphatic carbocycles. The van der Waals surface area contributed by atoms with E-state index in [0.717, 1.165) is 18.8 Å². The van der Waals surface area contributed by atoms with Crippen LogP contribution in [0.2, 0.25) is 0 Å². The third-order valence-corrected chi connectivity index (χ3v) is 5.70. The number of hydrogen-bond donors (Lipinski definition) is 0. The van der Waals surface area contributed by atoms with E-state index >= 15 is 0 Å². The molecule has 20 heavy (non-hydrogen) atoms. The summed E-state index contributed by atoms with van der Waals surface area (Å²) in [7, 11) is -0.708. The molecule has 1 aromatic rings. The summed E-state index contributed by atoms with van der Waals surface area (Å²) >= 11 is 0. The van der Waals surface area contributed by atoms with Gasteiger partial charge in [0.15, 0.2) is 0 Å². The van der Waals surface area contributed by atoms with E-state index in [1.807, 2.05) is 25.1 Å². The van der Waals surface area contributed by atoms with E-state index < -0.39 is 10.8 Å². The summed E-state index contributed by atoms with van der Waals surface area (Å²) < 4.78 is 17.4. The van der Waals surface area contributed by atoms with Crippen LogP contribution in [0.4, 0.5) is 0 Å². The summed E-state index contributed by atoms with van der Waals surface area (Å²) in [4.78, 5) is 2.31. The number of nitriles is 1. The summed E-state index contributed by atoms with van der Waals surface area (Å²) in [5, 5.41) is 9.20.